The Hall–Kier alpha value is -2.02. The van der Waals surface area contributed by atoms with Crippen molar-refractivity contribution >= 4 is 11.9 Å². The van der Waals surface area contributed by atoms with E-state index in [-0.39, 0.29) is 6.54 Å². The number of aromatic carboxylic acids is 1. The van der Waals surface area contributed by atoms with Gasteiger partial charge in [-0.25, -0.2) is 13.6 Å². The number of hydrogen-bond donors (Lipinski definition) is 2. The molecule has 1 aromatic carbocycles. The number of amides is 1. The normalized spacial score (nSPS) is 10.4. The van der Waals surface area contributed by atoms with Crippen LogP contribution in [0.25, 0.3) is 0 Å². The Bertz CT molecular complexity index is 520. The second kappa shape index (κ2) is 8.31. The van der Waals surface area contributed by atoms with Crippen molar-refractivity contribution < 1.29 is 28.2 Å². The van der Waals surface area contributed by atoms with E-state index in [1.807, 2.05) is 6.92 Å². The summed E-state index contributed by atoms with van der Waals surface area (Å²) in [7, 11) is 0. The molecule has 1 aromatic rings. The molecule has 0 radical (unpaired) electrons. The number of carbonyl (C=O) groups excluding carboxylic acids is 1. The lowest BCUT2D eigenvalue weighted by Gasteiger charge is -2.08. The Morgan fingerprint density at radius 1 is 1.19 bits per heavy atom. The van der Waals surface area contributed by atoms with Crippen molar-refractivity contribution in [3.63, 3.8) is 0 Å². The summed E-state index contributed by atoms with van der Waals surface area (Å²) in [6.07, 6.45) is 1.43. The SMILES string of the molecule is CCCOCCCNC(=O)c1cc(F)c(F)cc1C(=O)O. The number of rotatable bonds is 8. The number of carboxylic acid groups (broad SMARTS) is 1. The van der Waals surface area contributed by atoms with Crippen LogP contribution in [-0.4, -0.2) is 36.7 Å². The van der Waals surface area contributed by atoms with Crippen LogP contribution < -0.4 is 5.32 Å². The van der Waals surface area contributed by atoms with Gasteiger partial charge in [0.05, 0.1) is 11.1 Å². The van der Waals surface area contributed by atoms with E-state index >= 15 is 0 Å². The largest absolute Gasteiger partial charge is 0.478 e. The van der Waals surface area contributed by atoms with Gasteiger partial charge in [0.1, 0.15) is 0 Å². The number of ether oxygens (including phenoxy) is 1. The Balaban J connectivity index is 2.65. The molecule has 0 saturated carbocycles. The molecule has 0 atom stereocenters. The maximum Gasteiger partial charge on any atom is 0.336 e. The van der Waals surface area contributed by atoms with Gasteiger partial charge in [-0.3, -0.25) is 4.79 Å². The van der Waals surface area contributed by atoms with E-state index < -0.39 is 34.6 Å². The number of carbonyl (C=O) groups is 2. The zero-order chi connectivity index (χ0) is 15.8. The van der Waals surface area contributed by atoms with Gasteiger partial charge in [-0.15, -0.1) is 0 Å². The van der Waals surface area contributed by atoms with E-state index in [1.165, 1.54) is 0 Å². The van der Waals surface area contributed by atoms with Gasteiger partial charge in [-0.2, -0.15) is 0 Å². The van der Waals surface area contributed by atoms with Crippen LogP contribution in [0.15, 0.2) is 12.1 Å². The standard InChI is InChI=1S/C14H17F2NO4/c1-2-5-21-6-3-4-17-13(18)9-7-11(15)12(16)8-10(9)14(19)20/h7-8H,2-6H2,1H3,(H,17,18)(H,19,20). The van der Waals surface area contributed by atoms with E-state index in [2.05, 4.69) is 5.32 Å². The molecule has 0 saturated heterocycles. The topological polar surface area (TPSA) is 75.6 Å². The molecule has 0 aliphatic carbocycles. The van der Waals surface area contributed by atoms with Crippen LogP contribution in [0, 0.1) is 11.6 Å². The van der Waals surface area contributed by atoms with Crippen molar-refractivity contribution in [2.75, 3.05) is 19.8 Å². The first-order chi connectivity index (χ1) is 9.97. The Morgan fingerprint density at radius 2 is 1.81 bits per heavy atom. The highest BCUT2D eigenvalue weighted by molar-refractivity contribution is 6.04. The molecule has 116 valence electrons. The van der Waals surface area contributed by atoms with Crippen molar-refractivity contribution in [1.82, 2.24) is 5.32 Å². The molecule has 1 rings (SSSR count). The molecule has 1 amide bonds. The summed E-state index contributed by atoms with van der Waals surface area (Å²) in [4.78, 5) is 22.8. The highest BCUT2D eigenvalue weighted by atomic mass is 19.2. The molecule has 0 aliphatic rings. The van der Waals surface area contributed by atoms with Crippen molar-refractivity contribution in [2.45, 2.75) is 19.8 Å². The van der Waals surface area contributed by atoms with Crippen molar-refractivity contribution in [1.29, 1.82) is 0 Å². The van der Waals surface area contributed by atoms with Crippen LogP contribution in [0.1, 0.15) is 40.5 Å². The van der Waals surface area contributed by atoms with Crippen molar-refractivity contribution in [3.05, 3.63) is 34.9 Å². The van der Waals surface area contributed by atoms with E-state index in [9.17, 15) is 18.4 Å². The summed E-state index contributed by atoms with van der Waals surface area (Å²) < 4.78 is 31.4. The predicted molar refractivity (Wildman–Crippen MR) is 71.4 cm³/mol. The van der Waals surface area contributed by atoms with Gasteiger partial charge in [-0.1, -0.05) is 6.92 Å². The second-order valence-corrected chi connectivity index (χ2v) is 4.34. The van der Waals surface area contributed by atoms with Crippen LogP contribution in [0.2, 0.25) is 0 Å². The summed E-state index contributed by atoms with van der Waals surface area (Å²) in [6.45, 7) is 3.30. The Kier molecular flexibility index (Phi) is 6.74. The summed E-state index contributed by atoms with van der Waals surface area (Å²) in [5.74, 6) is -4.83. The predicted octanol–water partition coefficient (Wildman–Crippen LogP) is 2.21. The van der Waals surface area contributed by atoms with Crippen molar-refractivity contribution in [2.24, 2.45) is 0 Å². The fraction of sp³-hybridized carbons (Fsp3) is 0.429. The Labute approximate surface area is 120 Å². The third-order valence-corrected chi connectivity index (χ3v) is 2.63. The average molecular weight is 301 g/mol. The molecule has 0 bridgehead atoms. The monoisotopic (exact) mass is 301 g/mol. The fourth-order valence-electron chi connectivity index (χ4n) is 1.63. The van der Waals surface area contributed by atoms with Gasteiger partial charge in [0.2, 0.25) is 0 Å². The molecule has 21 heavy (non-hydrogen) atoms. The molecule has 5 nitrogen and oxygen atoms in total. The third kappa shape index (κ3) is 5.11. The van der Waals surface area contributed by atoms with E-state index in [0.29, 0.717) is 31.8 Å². The zero-order valence-electron chi connectivity index (χ0n) is 11.6. The van der Waals surface area contributed by atoms with E-state index in [0.717, 1.165) is 6.42 Å². The van der Waals surface area contributed by atoms with E-state index in [1.54, 1.807) is 0 Å². The van der Waals surface area contributed by atoms with Gasteiger partial charge in [0, 0.05) is 19.8 Å². The van der Waals surface area contributed by atoms with Gasteiger partial charge in [-0.05, 0) is 25.0 Å². The summed E-state index contributed by atoms with van der Waals surface area (Å²) in [5, 5.41) is 11.4. The first kappa shape index (κ1) is 17.0. The fourth-order valence-corrected chi connectivity index (χ4v) is 1.63. The molecule has 0 fully saturated rings. The Morgan fingerprint density at radius 3 is 2.38 bits per heavy atom. The number of benzene rings is 1. The molecule has 7 heteroatoms. The second-order valence-electron chi connectivity index (χ2n) is 4.34. The molecule has 2 N–H and O–H groups in total. The van der Waals surface area contributed by atoms with Crippen LogP contribution in [0.3, 0.4) is 0 Å². The highest BCUT2D eigenvalue weighted by Gasteiger charge is 2.20. The highest BCUT2D eigenvalue weighted by Crippen LogP contribution is 2.15. The lowest BCUT2D eigenvalue weighted by Crippen LogP contribution is -2.27. The molecule has 0 spiro atoms. The van der Waals surface area contributed by atoms with Gasteiger partial charge in [0.25, 0.3) is 5.91 Å². The average Bonchev–Trinajstić information content (AvgIpc) is 2.44. The smallest absolute Gasteiger partial charge is 0.336 e. The lowest BCUT2D eigenvalue weighted by molar-refractivity contribution is 0.0690. The van der Waals surface area contributed by atoms with Crippen LogP contribution in [-0.2, 0) is 4.74 Å². The van der Waals surface area contributed by atoms with Crippen molar-refractivity contribution in [3.8, 4) is 0 Å². The van der Waals surface area contributed by atoms with Crippen LogP contribution >= 0.6 is 0 Å². The molecule has 0 aromatic heterocycles. The quantitative estimate of drug-likeness (QED) is 0.722. The minimum absolute atomic E-state index is 0.251. The summed E-state index contributed by atoms with van der Waals surface area (Å²) in [5.41, 5.74) is -0.982. The number of halogens is 2. The number of hydrogen-bond acceptors (Lipinski definition) is 3. The minimum atomic E-state index is -1.50. The summed E-state index contributed by atoms with van der Waals surface area (Å²) >= 11 is 0. The maximum atomic E-state index is 13.1. The maximum absolute atomic E-state index is 13.1. The number of carboxylic acids is 1. The van der Waals surface area contributed by atoms with Crippen LogP contribution in [0.5, 0.6) is 0 Å². The molecule has 0 heterocycles. The first-order valence-electron chi connectivity index (χ1n) is 6.55. The molecule has 0 aliphatic heterocycles. The first-order valence-corrected chi connectivity index (χ1v) is 6.55. The van der Waals surface area contributed by atoms with Gasteiger partial charge >= 0.3 is 5.97 Å². The lowest BCUT2D eigenvalue weighted by atomic mass is 10.1. The van der Waals surface area contributed by atoms with Gasteiger partial charge in [0.15, 0.2) is 11.6 Å². The molecule has 0 unspecified atom stereocenters. The van der Waals surface area contributed by atoms with Crippen LogP contribution in [0.4, 0.5) is 8.78 Å². The summed E-state index contributed by atoms with van der Waals surface area (Å²) in [6, 6.07) is 1.08. The minimum Gasteiger partial charge on any atom is -0.478 e. The van der Waals surface area contributed by atoms with E-state index in [4.69, 9.17) is 9.84 Å². The van der Waals surface area contributed by atoms with Gasteiger partial charge < -0.3 is 15.2 Å². The third-order valence-electron chi connectivity index (χ3n) is 2.63. The zero-order valence-corrected chi connectivity index (χ0v) is 11.6. The molecular formula is C14H17F2NO4. The molecular weight excluding hydrogens is 284 g/mol. The number of nitrogens with one attached hydrogen (secondary N) is 1.